The van der Waals surface area contributed by atoms with Gasteiger partial charge in [-0.3, -0.25) is 4.57 Å². The van der Waals surface area contributed by atoms with Crippen LogP contribution in [0.25, 0.3) is 16.5 Å². The maximum absolute atomic E-state index is 11.6. The van der Waals surface area contributed by atoms with Gasteiger partial charge in [0, 0.05) is 17.2 Å². The molecule has 2 bridgehead atoms. The Morgan fingerprint density at radius 1 is 0.944 bits per heavy atom. The summed E-state index contributed by atoms with van der Waals surface area (Å²) in [6, 6.07) is 19.3. The van der Waals surface area contributed by atoms with Crippen LogP contribution in [0, 0.1) is 25.2 Å². The molecule has 6 nitrogen and oxygen atoms in total. The van der Waals surface area contributed by atoms with Crippen LogP contribution in [0.2, 0.25) is 0 Å². The first-order valence-corrected chi connectivity index (χ1v) is 12.3. The predicted molar refractivity (Wildman–Crippen MR) is 137 cm³/mol. The number of aromatic hydroxyl groups is 2. The Hall–Kier alpha value is -3.95. The van der Waals surface area contributed by atoms with Crippen molar-refractivity contribution in [2.45, 2.75) is 51.2 Å². The van der Waals surface area contributed by atoms with E-state index in [0.717, 1.165) is 40.5 Å². The van der Waals surface area contributed by atoms with Crippen LogP contribution in [0.1, 0.15) is 54.0 Å². The molecule has 0 unspecified atom stereocenters. The minimum atomic E-state index is -0.740. The zero-order valence-electron chi connectivity index (χ0n) is 20.6. The van der Waals surface area contributed by atoms with E-state index in [2.05, 4.69) is 6.07 Å². The first-order chi connectivity index (χ1) is 17.3. The zero-order chi connectivity index (χ0) is 25.2. The second-order valence-corrected chi connectivity index (χ2v) is 10.2. The number of nitriles is 1. The number of hydrogen-bond acceptors (Lipinski definition) is 5. The summed E-state index contributed by atoms with van der Waals surface area (Å²) in [5.74, 6) is 0.839. The number of para-hydroxylation sites is 1. The molecule has 2 N–H and O–H groups in total. The van der Waals surface area contributed by atoms with E-state index in [9.17, 15) is 15.5 Å². The van der Waals surface area contributed by atoms with Gasteiger partial charge in [0.25, 0.3) is 0 Å². The van der Waals surface area contributed by atoms with Crippen molar-refractivity contribution in [2.75, 3.05) is 6.61 Å². The predicted octanol–water partition coefficient (Wildman–Crippen LogP) is 6.23. The normalized spacial score (nSPS) is 22.1. The van der Waals surface area contributed by atoms with E-state index in [1.54, 1.807) is 12.1 Å². The average Bonchev–Trinajstić information content (AvgIpc) is 3.45. The molecule has 1 saturated heterocycles. The Morgan fingerprint density at radius 3 is 2.36 bits per heavy atom. The molecule has 36 heavy (non-hydrogen) atoms. The summed E-state index contributed by atoms with van der Waals surface area (Å²) >= 11 is 0. The van der Waals surface area contributed by atoms with E-state index in [-0.39, 0.29) is 11.8 Å². The molecule has 0 aliphatic carbocycles. The lowest BCUT2D eigenvalue weighted by Gasteiger charge is -2.26. The van der Waals surface area contributed by atoms with Crippen LogP contribution in [0.15, 0.2) is 54.6 Å². The van der Waals surface area contributed by atoms with Crippen LogP contribution in [0.5, 0.6) is 17.5 Å². The van der Waals surface area contributed by atoms with Gasteiger partial charge in [0.1, 0.15) is 11.4 Å². The Balaban J connectivity index is 1.44. The lowest BCUT2D eigenvalue weighted by Crippen LogP contribution is -2.25. The lowest BCUT2D eigenvalue weighted by molar-refractivity contribution is -0.0876. The fourth-order valence-corrected chi connectivity index (χ4v) is 6.26. The summed E-state index contributed by atoms with van der Waals surface area (Å²) in [5.41, 5.74) is 3.19. The Labute approximate surface area is 209 Å². The molecule has 0 spiro atoms. The lowest BCUT2D eigenvalue weighted by atomic mass is 9.78. The molecule has 3 aromatic carbocycles. The molecule has 2 atom stereocenters. The molecule has 0 radical (unpaired) electrons. The van der Waals surface area contributed by atoms with E-state index in [1.807, 2.05) is 63.2 Å². The van der Waals surface area contributed by atoms with Gasteiger partial charge in [0.05, 0.1) is 40.7 Å². The summed E-state index contributed by atoms with van der Waals surface area (Å²) < 4.78 is 14.3. The fraction of sp³-hybridized carbons (Fsp3) is 0.300. The third-order valence-corrected chi connectivity index (χ3v) is 7.96. The Bertz CT molecular complexity index is 1560. The smallest absolute Gasteiger partial charge is 0.205 e. The minimum absolute atomic E-state index is 0.0166. The summed E-state index contributed by atoms with van der Waals surface area (Å²) in [4.78, 5) is 0. The van der Waals surface area contributed by atoms with Crippen molar-refractivity contribution in [3.05, 3.63) is 82.4 Å². The summed E-state index contributed by atoms with van der Waals surface area (Å²) in [6.07, 6.45) is 2.03. The van der Waals surface area contributed by atoms with E-state index in [1.165, 1.54) is 4.57 Å². The van der Waals surface area contributed by atoms with Crippen molar-refractivity contribution in [1.82, 2.24) is 4.57 Å². The number of aryl methyl sites for hydroxylation is 2. The van der Waals surface area contributed by atoms with Gasteiger partial charge in [0.2, 0.25) is 11.8 Å². The van der Waals surface area contributed by atoms with Crippen LogP contribution < -0.4 is 4.74 Å². The van der Waals surface area contributed by atoms with E-state index in [0.29, 0.717) is 35.4 Å². The number of ether oxygens (including phenoxy) is 2. The maximum Gasteiger partial charge on any atom is 0.205 e. The van der Waals surface area contributed by atoms with Crippen molar-refractivity contribution >= 4 is 10.8 Å². The van der Waals surface area contributed by atoms with Crippen molar-refractivity contribution in [3.63, 3.8) is 0 Å². The molecule has 1 aromatic heterocycles. The highest BCUT2D eigenvalue weighted by Crippen LogP contribution is 2.65. The van der Waals surface area contributed by atoms with Crippen LogP contribution in [-0.2, 0) is 15.9 Å². The largest absolute Gasteiger partial charge is 0.494 e. The van der Waals surface area contributed by atoms with Crippen LogP contribution in [0.4, 0.5) is 0 Å². The molecule has 3 heterocycles. The number of benzene rings is 3. The maximum atomic E-state index is 11.6. The van der Waals surface area contributed by atoms with Gasteiger partial charge in [-0.1, -0.05) is 42.5 Å². The second kappa shape index (κ2) is 7.78. The first kappa shape index (κ1) is 22.5. The fourth-order valence-electron chi connectivity index (χ4n) is 6.26. The highest BCUT2D eigenvalue weighted by Gasteiger charge is 2.61. The quantitative estimate of drug-likeness (QED) is 0.353. The SMILES string of the molecule is Cc1cccc(C)c1OCC[C@@]12CC[C@@](C)(O1)c1c2c(O)n(-c2ccc(C#N)c3ccccc23)c1O. The van der Waals surface area contributed by atoms with Gasteiger partial charge in [0.15, 0.2) is 0 Å². The summed E-state index contributed by atoms with van der Waals surface area (Å²) in [6.45, 7) is 6.46. The van der Waals surface area contributed by atoms with Crippen LogP contribution in [-0.4, -0.2) is 21.4 Å². The van der Waals surface area contributed by atoms with Gasteiger partial charge < -0.3 is 19.7 Å². The molecule has 2 aliphatic heterocycles. The second-order valence-electron chi connectivity index (χ2n) is 10.2. The number of aromatic nitrogens is 1. The minimum Gasteiger partial charge on any atom is -0.494 e. The standard InChI is InChI=1S/C30H28N2O4/c1-18-7-6-8-19(2)26(18)35-16-15-30-14-13-29(3,36-30)24-25(30)28(34)32(27(24)33)23-12-11-20(17-31)21-9-4-5-10-22(21)23/h4-12,33-34H,13-16H2,1-3H3/t29-,30-/m1/s1. The van der Waals surface area contributed by atoms with E-state index >= 15 is 0 Å². The van der Waals surface area contributed by atoms with Gasteiger partial charge in [-0.2, -0.15) is 5.26 Å². The molecule has 2 aliphatic rings. The molecule has 6 rings (SSSR count). The number of fused-ring (bicyclic) bond motifs is 6. The zero-order valence-corrected chi connectivity index (χ0v) is 20.6. The molecular weight excluding hydrogens is 452 g/mol. The van der Waals surface area contributed by atoms with Gasteiger partial charge >= 0.3 is 0 Å². The Kier molecular flexibility index (Phi) is 4.86. The van der Waals surface area contributed by atoms with Crippen molar-refractivity contribution < 1.29 is 19.7 Å². The topological polar surface area (TPSA) is 87.6 Å². The average molecular weight is 481 g/mol. The van der Waals surface area contributed by atoms with Crippen LogP contribution >= 0.6 is 0 Å². The van der Waals surface area contributed by atoms with E-state index < -0.39 is 11.2 Å². The molecule has 0 amide bonds. The monoisotopic (exact) mass is 480 g/mol. The molecule has 1 fully saturated rings. The molecule has 182 valence electrons. The summed E-state index contributed by atoms with van der Waals surface area (Å²) in [7, 11) is 0. The Morgan fingerprint density at radius 2 is 1.64 bits per heavy atom. The van der Waals surface area contributed by atoms with E-state index in [4.69, 9.17) is 9.47 Å². The first-order valence-electron chi connectivity index (χ1n) is 12.3. The highest BCUT2D eigenvalue weighted by atomic mass is 16.5. The van der Waals surface area contributed by atoms with Crippen molar-refractivity contribution in [3.8, 4) is 29.3 Å². The highest BCUT2D eigenvalue weighted by molar-refractivity contribution is 5.95. The number of nitrogens with zero attached hydrogens (tertiary/aromatic N) is 2. The van der Waals surface area contributed by atoms with Crippen LogP contribution in [0.3, 0.4) is 0 Å². The molecule has 6 heteroatoms. The molecule has 4 aromatic rings. The van der Waals surface area contributed by atoms with Crippen molar-refractivity contribution in [2.24, 2.45) is 0 Å². The number of rotatable bonds is 5. The summed E-state index contributed by atoms with van der Waals surface area (Å²) in [5, 5.41) is 34.2. The molecular formula is C30H28N2O4. The molecule has 0 saturated carbocycles. The van der Waals surface area contributed by atoms with Gasteiger partial charge in [-0.15, -0.1) is 0 Å². The third kappa shape index (κ3) is 2.99. The van der Waals surface area contributed by atoms with Crippen molar-refractivity contribution in [1.29, 1.82) is 5.26 Å². The van der Waals surface area contributed by atoms with Gasteiger partial charge in [-0.25, -0.2) is 0 Å². The number of hydrogen-bond donors (Lipinski definition) is 2. The van der Waals surface area contributed by atoms with Gasteiger partial charge in [-0.05, 0) is 56.9 Å². The third-order valence-electron chi connectivity index (χ3n) is 7.96.